The number of carbonyl (C=O) groups is 2. The van der Waals surface area contributed by atoms with Gasteiger partial charge in [0, 0.05) is 0 Å². The van der Waals surface area contributed by atoms with Crippen molar-refractivity contribution in [3.8, 4) is 0 Å². The zero-order chi connectivity index (χ0) is 14.3. The quantitative estimate of drug-likeness (QED) is 0.695. The van der Waals surface area contributed by atoms with Gasteiger partial charge in [0.05, 0.1) is 20.0 Å². The van der Waals surface area contributed by atoms with Crippen molar-refractivity contribution in [2.75, 3.05) is 7.11 Å². The standard InChI is InChI=1S/C15H26O4/c1-4-15(5-2)10-8-12(9-11-15)19-14(17)7-6-13(16)18-3/h12H,4-11H2,1-3H3. The second kappa shape index (κ2) is 7.51. The molecule has 4 nitrogen and oxygen atoms in total. The first kappa shape index (κ1) is 16.0. The molecule has 1 fully saturated rings. The monoisotopic (exact) mass is 270 g/mol. The highest BCUT2D eigenvalue weighted by molar-refractivity contribution is 5.77. The highest BCUT2D eigenvalue weighted by Gasteiger charge is 2.33. The van der Waals surface area contributed by atoms with Gasteiger partial charge in [-0.3, -0.25) is 9.59 Å². The molecule has 0 aliphatic heterocycles. The van der Waals surface area contributed by atoms with Gasteiger partial charge < -0.3 is 9.47 Å². The van der Waals surface area contributed by atoms with Crippen molar-refractivity contribution < 1.29 is 19.1 Å². The van der Waals surface area contributed by atoms with Gasteiger partial charge >= 0.3 is 11.9 Å². The van der Waals surface area contributed by atoms with Crippen molar-refractivity contribution >= 4 is 11.9 Å². The average Bonchev–Trinajstić information content (AvgIpc) is 2.46. The Balaban J connectivity index is 2.29. The summed E-state index contributed by atoms with van der Waals surface area (Å²) < 4.78 is 9.92. The van der Waals surface area contributed by atoms with E-state index in [1.807, 2.05) is 0 Å². The summed E-state index contributed by atoms with van der Waals surface area (Å²) in [6, 6.07) is 0. The first-order chi connectivity index (χ1) is 9.05. The van der Waals surface area contributed by atoms with Gasteiger partial charge in [-0.05, 0) is 31.1 Å². The number of hydrogen-bond acceptors (Lipinski definition) is 4. The summed E-state index contributed by atoms with van der Waals surface area (Å²) in [7, 11) is 1.32. The molecule has 1 aliphatic carbocycles. The lowest BCUT2D eigenvalue weighted by Crippen LogP contribution is -2.31. The minimum Gasteiger partial charge on any atom is -0.469 e. The molecule has 0 N–H and O–H groups in total. The molecule has 1 aliphatic rings. The van der Waals surface area contributed by atoms with Crippen LogP contribution in [0, 0.1) is 5.41 Å². The van der Waals surface area contributed by atoms with E-state index in [2.05, 4.69) is 18.6 Å². The molecule has 0 bridgehead atoms. The molecule has 0 saturated heterocycles. The molecule has 0 unspecified atom stereocenters. The molecular weight excluding hydrogens is 244 g/mol. The lowest BCUT2D eigenvalue weighted by molar-refractivity contribution is -0.155. The lowest BCUT2D eigenvalue weighted by Gasteiger charge is -2.38. The Morgan fingerprint density at radius 1 is 1.05 bits per heavy atom. The zero-order valence-corrected chi connectivity index (χ0v) is 12.4. The van der Waals surface area contributed by atoms with Crippen molar-refractivity contribution in [1.82, 2.24) is 0 Å². The summed E-state index contributed by atoms with van der Waals surface area (Å²) in [5.41, 5.74) is 0.453. The Labute approximate surface area is 115 Å². The van der Waals surface area contributed by atoms with Crippen LogP contribution >= 0.6 is 0 Å². The highest BCUT2D eigenvalue weighted by Crippen LogP contribution is 2.42. The third kappa shape index (κ3) is 4.84. The summed E-state index contributed by atoms with van der Waals surface area (Å²) in [6.45, 7) is 4.48. The summed E-state index contributed by atoms with van der Waals surface area (Å²) in [4.78, 5) is 22.5. The van der Waals surface area contributed by atoms with E-state index < -0.39 is 0 Å². The van der Waals surface area contributed by atoms with Crippen LogP contribution in [0.5, 0.6) is 0 Å². The van der Waals surface area contributed by atoms with Crippen molar-refractivity contribution in [3.63, 3.8) is 0 Å². The van der Waals surface area contributed by atoms with Crippen LogP contribution in [0.3, 0.4) is 0 Å². The van der Waals surface area contributed by atoms with Crippen molar-refractivity contribution in [1.29, 1.82) is 0 Å². The fraction of sp³-hybridized carbons (Fsp3) is 0.867. The Bertz CT molecular complexity index is 297. The van der Waals surface area contributed by atoms with Gasteiger partial charge in [0.15, 0.2) is 0 Å². The van der Waals surface area contributed by atoms with E-state index in [1.54, 1.807) is 0 Å². The number of hydrogen-bond donors (Lipinski definition) is 0. The minimum atomic E-state index is -0.364. The second-order valence-corrected chi connectivity index (χ2v) is 5.47. The summed E-state index contributed by atoms with van der Waals surface area (Å²) in [5, 5.41) is 0. The van der Waals surface area contributed by atoms with E-state index >= 15 is 0 Å². The molecule has 1 saturated carbocycles. The molecule has 0 atom stereocenters. The summed E-state index contributed by atoms with van der Waals surface area (Å²) >= 11 is 0. The van der Waals surface area contributed by atoms with Crippen molar-refractivity contribution in [3.05, 3.63) is 0 Å². The van der Waals surface area contributed by atoms with E-state index in [-0.39, 0.29) is 30.9 Å². The molecule has 0 heterocycles. The van der Waals surface area contributed by atoms with Gasteiger partial charge in [-0.2, -0.15) is 0 Å². The van der Waals surface area contributed by atoms with Gasteiger partial charge in [0.2, 0.25) is 0 Å². The Kier molecular flexibility index (Phi) is 6.32. The van der Waals surface area contributed by atoms with E-state index in [4.69, 9.17) is 4.74 Å². The SMILES string of the molecule is CCC1(CC)CCC(OC(=O)CCC(=O)OC)CC1. The average molecular weight is 270 g/mol. The minimum absolute atomic E-state index is 0.0383. The van der Waals surface area contributed by atoms with Gasteiger partial charge in [0.1, 0.15) is 6.10 Å². The molecule has 0 amide bonds. The first-order valence-corrected chi connectivity index (χ1v) is 7.31. The smallest absolute Gasteiger partial charge is 0.306 e. The fourth-order valence-corrected chi connectivity index (χ4v) is 2.83. The number of methoxy groups -OCH3 is 1. The third-order valence-electron chi connectivity index (χ3n) is 4.55. The van der Waals surface area contributed by atoms with Crippen molar-refractivity contribution in [2.24, 2.45) is 5.41 Å². The largest absolute Gasteiger partial charge is 0.469 e. The Hall–Kier alpha value is -1.06. The van der Waals surface area contributed by atoms with E-state index in [0.717, 1.165) is 25.7 Å². The van der Waals surface area contributed by atoms with Crippen LogP contribution in [-0.2, 0) is 19.1 Å². The van der Waals surface area contributed by atoms with Gasteiger partial charge in [-0.25, -0.2) is 0 Å². The molecule has 0 spiro atoms. The van der Waals surface area contributed by atoms with Crippen molar-refractivity contribution in [2.45, 2.75) is 71.3 Å². The van der Waals surface area contributed by atoms with Crippen LogP contribution in [0.1, 0.15) is 65.2 Å². The van der Waals surface area contributed by atoms with E-state index in [1.165, 1.54) is 20.0 Å². The maximum atomic E-state index is 11.6. The number of rotatable bonds is 6. The third-order valence-corrected chi connectivity index (χ3v) is 4.55. The van der Waals surface area contributed by atoms with Crippen LogP contribution < -0.4 is 0 Å². The zero-order valence-electron chi connectivity index (χ0n) is 12.4. The fourth-order valence-electron chi connectivity index (χ4n) is 2.83. The second-order valence-electron chi connectivity index (χ2n) is 5.47. The predicted molar refractivity (Wildman–Crippen MR) is 72.6 cm³/mol. The topological polar surface area (TPSA) is 52.6 Å². The highest BCUT2D eigenvalue weighted by atomic mass is 16.5. The van der Waals surface area contributed by atoms with E-state index in [0.29, 0.717) is 5.41 Å². The molecule has 4 heteroatoms. The number of carbonyl (C=O) groups excluding carboxylic acids is 2. The molecule has 0 aromatic carbocycles. The van der Waals surface area contributed by atoms with Gasteiger partial charge in [-0.15, -0.1) is 0 Å². The molecule has 0 radical (unpaired) electrons. The Morgan fingerprint density at radius 3 is 2.05 bits per heavy atom. The van der Waals surface area contributed by atoms with E-state index in [9.17, 15) is 9.59 Å². The Morgan fingerprint density at radius 2 is 1.58 bits per heavy atom. The molecule has 110 valence electrons. The number of ether oxygens (including phenoxy) is 2. The first-order valence-electron chi connectivity index (χ1n) is 7.31. The number of esters is 2. The van der Waals surface area contributed by atoms with Gasteiger partial charge in [-0.1, -0.05) is 26.7 Å². The maximum absolute atomic E-state index is 11.6. The molecule has 19 heavy (non-hydrogen) atoms. The lowest BCUT2D eigenvalue weighted by atomic mass is 9.70. The van der Waals surface area contributed by atoms with Crippen LogP contribution in [0.4, 0.5) is 0 Å². The van der Waals surface area contributed by atoms with Gasteiger partial charge in [0.25, 0.3) is 0 Å². The maximum Gasteiger partial charge on any atom is 0.306 e. The normalized spacial score (nSPS) is 18.9. The molecule has 0 aromatic heterocycles. The predicted octanol–water partition coefficient (Wildman–Crippen LogP) is 3.23. The summed E-state index contributed by atoms with van der Waals surface area (Å²) in [5.74, 6) is -0.646. The molecule has 1 rings (SSSR count). The molecular formula is C15H26O4. The van der Waals surface area contributed by atoms with Crippen LogP contribution in [0.2, 0.25) is 0 Å². The van der Waals surface area contributed by atoms with Crippen LogP contribution in [-0.4, -0.2) is 25.2 Å². The summed E-state index contributed by atoms with van der Waals surface area (Å²) in [6.07, 6.45) is 6.84. The molecule has 0 aromatic rings. The van der Waals surface area contributed by atoms with Crippen LogP contribution in [0.15, 0.2) is 0 Å². The van der Waals surface area contributed by atoms with Crippen LogP contribution in [0.25, 0.3) is 0 Å².